The lowest BCUT2D eigenvalue weighted by Crippen LogP contribution is -2.15. The fourth-order valence-corrected chi connectivity index (χ4v) is 1.59. The van der Waals surface area contributed by atoms with Gasteiger partial charge in [0.1, 0.15) is 17.5 Å². The van der Waals surface area contributed by atoms with Crippen molar-refractivity contribution < 1.29 is 13.6 Å². The summed E-state index contributed by atoms with van der Waals surface area (Å²) < 4.78 is 26.2. The van der Waals surface area contributed by atoms with Gasteiger partial charge in [0.05, 0.1) is 5.56 Å². The first-order valence-corrected chi connectivity index (χ1v) is 5.50. The molecule has 6 heteroatoms. The van der Waals surface area contributed by atoms with Crippen LogP contribution in [-0.4, -0.2) is 10.9 Å². The zero-order valence-corrected chi connectivity index (χ0v) is 9.86. The van der Waals surface area contributed by atoms with Crippen molar-refractivity contribution in [2.24, 2.45) is 5.73 Å². The molecule has 0 atom stereocenters. The van der Waals surface area contributed by atoms with Crippen LogP contribution < -0.4 is 11.1 Å². The Labute approximate surface area is 108 Å². The monoisotopic (exact) mass is 263 g/mol. The van der Waals surface area contributed by atoms with Crippen LogP contribution >= 0.6 is 0 Å². The number of carbonyl (C=O) groups excluding carboxylic acids is 1. The molecule has 1 aromatic heterocycles. The fraction of sp³-hybridized carbons (Fsp3) is 0.0769. The van der Waals surface area contributed by atoms with Crippen LogP contribution in [0.15, 0.2) is 36.5 Å². The molecule has 1 heterocycles. The Hall–Kier alpha value is -2.50. The van der Waals surface area contributed by atoms with Gasteiger partial charge in [-0.05, 0) is 18.2 Å². The smallest absolute Gasteiger partial charge is 0.252 e. The first kappa shape index (κ1) is 12.9. The van der Waals surface area contributed by atoms with Gasteiger partial charge in [0.15, 0.2) is 0 Å². The highest BCUT2D eigenvalue weighted by Crippen LogP contribution is 2.14. The minimum atomic E-state index is -0.663. The van der Waals surface area contributed by atoms with Crippen LogP contribution in [-0.2, 0) is 6.54 Å². The van der Waals surface area contributed by atoms with Crippen LogP contribution in [0.25, 0.3) is 0 Å². The Bertz CT molecular complexity index is 617. The van der Waals surface area contributed by atoms with Crippen LogP contribution in [0.2, 0.25) is 0 Å². The van der Waals surface area contributed by atoms with Crippen molar-refractivity contribution in [3.05, 3.63) is 59.3 Å². The Balaban J connectivity index is 2.17. The zero-order valence-electron chi connectivity index (χ0n) is 9.86. The van der Waals surface area contributed by atoms with E-state index >= 15 is 0 Å². The van der Waals surface area contributed by atoms with Crippen LogP contribution in [0.5, 0.6) is 0 Å². The highest BCUT2D eigenvalue weighted by Gasteiger charge is 2.09. The van der Waals surface area contributed by atoms with Gasteiger partial charge in [0, 0.05) is 24.4 Å². The number of hydrogen-bond donors (Lipinski definition) is 2. The van der Waals surface area contributed by atoms with Crippen molar-refractivity contribution in [3.63, 3.8) is 0 Å². The second-order valence-corrected chi connectivity index (χ2v) is 3.85. The first-order valence-electron chi connectivity index (χ1n) is 5.50. The van der Waals surface area contributed by atoms with Gasteiger partial charge in [0.25, 0.3) is 5.91 Å². The Morgan fingerprint density at radius 3 is 2.79 bits per heavy atom. The minimum Gasteiger partial charge on any atom is -0.365 e. The summed E-state index contributed by atoms with van der Waals surface area (Å²) in [5, 5.41) is 2.80. The number of hydrogen-bond acceptors (Lipinski definition) is 3. The van der Waals surface area contributed by atoms with Crippen molar-refractivity contribution in [3.8, 4) is 0 Å². The molecule has 1 aromatic carbocycles. The molecule has 3 N–H and O–H groups in total. The molecule has 0 fully saturated rings. The molecular weight excluding hydrogens is 252 g/mol. The number of pyridine rings is 1. The van der Waals surface area contributed by atoms with E-state index in [0.29, 0.717) is 0 Å². The van der Waals surface area contributed by atoms with E-state index in [-0.39, 0.29) is 23.5 Å². The summed E-state index contributed by atoms with van der Waals surface area (Å²) in [4.78, 5) is 15.1. The predicted octanol–water partition coefficient (Wildman–Crippen LogP) is 2.07. The largest absolute Gasteiger partial charge is 0.365 e. The number of anilines is 1. The lowest BCUT2D eigenvalue weighted by atomic mass is 10.2. The molecule has 0 aliphatic heterocycles. The highest BCUT2D eigenvalue weighted by atomic mass is 19.1. The predicted molar refractivity (Wildman–Crippen MR) is 66.4 cm³/mol. The molecule has 0 saturated carbocycles. The number of primary amides is 1. The molecule has 0 saturated heterocycles. The summed E-state index contributed by atoms with van der Waals surface area (Å²) in [6.45, 7) is 0.0728. The van der Waals surface area contributed by atoms with E-state index in [2.05, 4.69) is 10.3 Å². The van der Waals surface area contributed by atoms with Crippen molar-refractivity contribution in [2.75, 3.05) is 5.32 Å². The first-order chi connectivity index (χ1) is 9.08. The molecule has 19 heavy (non-hydrogen) atoms. The van der Waals surface area contributed by atoms with Gasteiger partial charge in [-0.1, -0.05) is 6.07 Å². The third-order valence-electron chi connectivity index (χ3n) is 2.53. The molecule has 0 unspecified atom stereocenters. The Kier molecular flexibility index (Phi) is 3.70. The standard InChI is InChI=1S/C13H11F2N3O/c14-9-4-3-8(11(15)6-9)7-18-13-10(12(16)19)2-1-5-17-13/h1-6H,7H2,(H2,16,19)(H,17,18). The average molecular weight is 263 g/mol. The van der Waals surface area contributed by atoms with E-state index in [1.165, 1.54) is 18.3 Å². The summed E-state index contributed by atoms with van der Waals surface area (Å²) in [6, 6.07) is 6.37. The van der Waals surface area contributed by atoms with Gasteiger partial charge in [-0.25, -0.2) is 13.8 Å². The maximum Gasteiger partial charge on any atom is 0.252 e. The van der Waals surface area contributed by atoms with Gasteiger partial charge in [0.2, 0.25) is 0 Å². The molecule has 0 spiro atoms. The SMILES string of the molecule is NC(=O)c1cccnc1NCc1ccc(F)cc1F. The van der Waals surface area contributed by atoms with Gasteiger partial charge < -0.3 is 11.1 Å². The van der Waals surface area contributed by atoms with Crippen molar-refractivity contribution >= 4 is 11.7 Å². The van der Waals surface area contributed by atoms with E-state index in [1.807, 2.05) is 0 Å². The van der Waals surface area contributed by atoms with Gasteiger partial charge >= 0.3 is 0 Å². The summed E-state index contributed by atoms with van der Waals surface area (Å²) >= 11 is 0. The molecule has 1 amide bonds. The molecular formula is C13H11F2N3O. The van der Waals surface area contributed by atoms with Crippen LogP contribution in [0.4, 0.5) is 14.6 Å². The van der Waals surface area contributed by atoms with Crippen LogP contribution in [0.3, 0.4) is 0 Å². The lowest BCUT2D eigenvalue weighted by Gasteiger charge is -2.09. The number of nitrogens with two attached hydrogens (primary N) is 1. The topological polar surface area (TPSA) is 68.0 Å². The van der Waals surface area contributed by atoms with Gasteiger partial charge in [-0.15, -0.1) is 0 Å². The highest BCUT2D eigenvalue weighted by molar-refractivity contribution is 5.97. The second-order valence-electron chi connectivity index (χ2n) is 3.85. The molecule has 0 radical (unpaired) electrons. The van der Waals surface area contributed by atoms with E-state index in [4.69, 9.17) is 5.73 Å². The minimum absolute atomic E-state index is 0.0728. The third-order valence-corrected chi connectivity index (χ3v) is 2.53. The molecule has 0 aliphatic carbocycles. The van der Waals surface area contributed by atoms with Crippen molar-refractivity contribution in [2.45, 2.75) is 6.54 Å². The molecule has 2 aromatic rings. The number of nitrogens with zero attached hydrogens (tertiary/aromatic N) is 1. The van der Waals surface area contributed by atoms with Crippen LogP contribution in [0.1, 0.15) is 15.9 Å². The molecule has 0 aliphatic rings. The molecule has 2 rings (SSSR count). The maximum absolute atomic E-state index is 13.4. The number of nitrogens with one attached hydrogen (secondary N) is 1. The Morgan fingerprint density at radius 2 is 2.11 bits per heavy atom. The molecule has 98 valence electrons. The summed E-state index contributed by atoms with van der Waals surface area (Å²) in [5.41, 5.74) is 5.67. The number of amides is 1. The van der Waals surface area contributed by atoms with Gasteiger partial charge in [-0.2, -0.15) is 0 Å². The van der Waals surface area contributed by atoms with Crippen molar-refractivity contribution in [1.82, 2.24) is 4.98 Å². The van der Waals surface area contributed by atoms with Crippen LogP contribution in [0, 0.1) is 11.6 Å². The van der Waals surface area contributed by atoms with Gasteiger partial charge in [-0.3, -0.25) is 4.79 Å². The number of carbonyl (C=O) groups is 1. The maximum atomic E-state index is 13.4. The van der Waals surface area contributed by atoms with E-state index in [9.17, 15) is 13.6 Å². The Morgan fingerprint density at radius 1 is 1.32 bits per heavy atom. The van der Waals surface area contributed by atoms with Crippen molar-refractivity contribution in [1.29, 1.82) is 0 Å². The average Bonchev–Trinajstić information content (AvgIpc) is 2.38. The van der Waals surface area contributed by atoms with E-state index in [1.54, 1.807) is 6.07 Å². The molecule has 4 nitrogen and oxygen atoms in total. The number of benzene rings is 1. The van der Waals surface area contributed by atoms with E-state index in [0.717, 1.165) is 12.1 Å². The quantitative estimate of drug-likeness (QED) is 0.887. The summed E-state index contributed by atoms with van der Waals surface area (Å²) in [7, 11) is 0. The third kappa shape index (κ3) is 3.04. The summed E-state index contributed by atoms with van der Waals surface area (Å²) in [5.74, 6) is -1.67. The summed E-state index contributed by atoms with van der Waals surface area (Å²) in [6.07, 6.45) is 1.48. The normalized spacial score (nSPS) is 10.2. The second kappa shape index (κ2) is 5.43. The number of aromatic nitrogens is 1. The molecule has 0 bridgehead atoms. The fourth-order valence-electron chi connectivity index (χ4n) is 1.59. The lowest BCUT2D eigenvalue weighted by molar-refractivity contribution is 0.100. The number of halogens is 2. The number of rotatable bonds is 4. The van der Waals surface area contributed by atoms with E-state index < -0.39 is 17.5 Å². The zero-order chi connectivity index (χ0) is 13.8.